The van der Waals surface area contributed by atoms with Crippen LogP contribution in [-0.2, 0) is 9.59 Å². The molecule has 234 valence electrons. The summed E-state index contributed by atoms with van der Waals surface area (Å²) in [4.78, 5) is 43.7. The molecule has 5 heterocycles. The van der Waals surface area contributed by atoms with Gasteiger partial charge in [-0.3, -0.25) is 24.6 Å². The Morgan fingerprint density at radius 2 is 1.79 bits per heavy atom. The second-order valence-electron chi connectivity index (χ2n) is 12.1. The van der Waals surface area contributed by atoms with E-state index in [1.807, 2.05) is 59.2 Å². The highest BCUT2D eigenvalue weighted by Gasteiger charge is 2.44. The molecule has 1 atom stereocenters. The molecule has 0 bridgehead atoms. The van der Waals surface area contributed by atoms with Crippen LogP contribution in [0.1, 0.15) is 24.1 Å². The third kappa shape index (κ3) is 6.13. The lowest BCUT2D eigenvalue weighted by Gasteiger charge is -2.29. The van der Waals surface area contributed by atoms with Gasteiger partial charge in [0.1, 0.15) is 11.1 Å². The molecule has 2 aromatic carbocycles. The first-order chi connectivity index (χ1) is 22.9. The average Bonchev–Trinajstić information content (AvgIpc) is 3.73. The van der Waals surface area contributed by atoms with Gasteiger partial charge in [-0.15, -0.1) is 6.42 Å². The van der Waals surface area contributed by atoms with Gasteiger partial charge < -0.3 is 10.2 Å². The summed E-state index contributed by atoms with van der Waals surface area (Å²) in [5.74, 6) is 3.27. The Morgan fingerprint density at radius 3 is 2.53 bits per heavy atom. The van der Waals surface area contributed by atoms with Crippen molar-refractivity contribution in [3.63, 3.8) is 0 Å². The largest absolute Gasteiger partial charge is 0.338 e. The fraction of sp³-hybridized carbons (Fsp3) is 0.243. The zero-order valence-corrected chi connectivity index (χ0v) is 26.1. The van der Waals surface area contributed by atoms with Gasteiger partial charge in [0.15, 0.2) is 5.82 Å². The first-order valence-electron chi connectivity index (χ1n) is 15.7. The van der Waals surface area contributed by atoms with Gasteiger partial charge in [0, 0.05) is 72.7 Å². The molecule has 7 rings (SSSR count). The number of pyridine rings is 1. The first kappa shape index (κ1) is 30.0. The molecule has 10 heteroatoms. The minimum atomic E-state index is -1.03. The average molecular weight is 623 g/mol. The minimum Gasteiger partial charge on any atom is -0.338 e. The van der Waals surface area contributed by atoms with Crippen molar-refractivity contribution in [2.24, 2.45) is 5.41 Å². The molecule has 3 aromatic heterocycles. The minimum absolute atomic E-state index is 0.0365. The highest BCUT2D eigenvalue weighted by atomic mass is 16.2. The summed E-state index contributed by atoms with van der Waals surface area (Å²) in [6, 6.07) is 19.5. The molecule has 5 aromatic rings. The highest BCUT2D eigenvalue weighted by Crippen LogP contribution is 2.33. The predicted octanol–water partition coefficient (Wildman–Crippen LogP) is 4.97. The fourth-order valence-corrected chi connectivity index (χ4v) is 6.38. The summed E-state index contributed by atoms with van der Waals surface area (Å²) in [6.07, 6.45) is 14.6. The summed E-state index contributed by atoms with van der Waals surface area (Å²) < 4.78 is 0. The number of benzene rings is 2. The number of H-pyrrole nitrogens is 1. The predicted molar refractivity (Wildman–Crippen MR) is 182 cm³/mol. The van der Waals surface area contributed by atoms with E-state index < -0.39 is 5.41 Å². The number of rotatable bonds is 7. The number of likely N-dealkylation sites (tertiary alicyclic amines) is 1. The van der Waals surface area contributed by atoms with E-state index in [4.69, 9.17) is 6.42 Å². The quantitative estimate of drug-likeness (QED) is 0.246. The number of nitrogens with zero attached hydrogens (tertiary/aromatic N) is 6. The third-order valence-electron chi connectivity index (χ3n) is 9.05. The smallest absolute Gasteiger partial charge is 0.244 e. The first-order valence-corrected chi connectivity index (χ1v) is 15.7. The lowest BCUT2D eigenvalue weighted by atomic mass is 9.87. The van der Waals surface area contributed by atoms with E-state index in [1.165, 1.54) is 5.57 Å². The van der Waals surface area contributed by atoms with Crippen LogP contribution in [0.15, 0.2) is 85.3 Å². The van der Waals surface area contributed by atoms with E-state index in [2.05, 4.69) is 54.6 Å². The number of carbonyl (C=O) groups excluding carboxylic acids is 2. The second-order valence-corrected chi connectivity index (χ2v) is 12.1. The second kappa shape index (κ2) is 12.6. The van der Waals surface area contributed by atoms with Crippen molar-refractivity contribution >= 4 is 34.0 Å². The Hall–Kier alpha value is -5.66. The molecule has 0 spiro atoms. The lowest BCUT2D eigenvalue weighted by Crippen LogP contribution is -2.43. The van der Waals surface area contributed by atoms with E-state index in [0.717, 1.165) is 45.4 Å². The topological polar surface area (TPSA) is 120 Å². The molecular formula is C37H34N8O2. The molecule has 2 aliphatic rings. The van der Waals surface area contributed by atoms with Crippen LogP contribution in [0, 0.1) is 24.7 Å². The number of terminal acetylenes is 1. The van der Waals surface area contributed by atoms with Crippen LogP contribution in [0.2, 0.25) is 0 Å². The normalized spacial score (nSPS) is 18.1. The van der Waals surface area contributed by atoms with E-state index in [9.17, 15) is 9.59 Å². The van der Waals surface area contributed by atoms with Crippen molar-refractivity contribution in [1.82, 2.24) is 34.9 Å². The van der Waals surface area contributed by atoms with Gasteiger partial charge in [-0.1, -0.05) is 36.3 Å². The molecule has 2 N–H and O–H groups in total. The van der Waals surface area contributed by atoms with Crippen molar-refractivity contribution in [2.45, 2.75) is 19.8 Å². The Bertz CT molecular complexity index is 2030. The maximum absolute atomic E-state index is 13.6. The number of aromatic nitrogens is 5. The Balaban J connectivity index is 0.965. The van der Waals surface area contributed by atoms with Gasteiger partial charge in [0.2, 0.25) is 11.8 Å². The van der Waals surface area contributed by atoms with Crippen LogP contribution in [0.25, 0.3) is 39.1 Å². The third-order valence-corrected chi connectivity index (χ3v) is 9.05. The number of anilines is 1. The highest BCUT2D eigenvalue weighted by molar-refractivity contribution is 6.01. The van der Waals surface area contributed by atoms with Crippen molar-refractivity contribution in [3.8, 4) is 35.0 Å². The molecule has 1 saturated heterocycles. The van der Waals surface area contributed by atoms with Gasteiger partial charge in [0.25, 0.3) is 0 Å². The summed E-state index contributed by atoms with van der Waals surface area (Å²) in [5, 5.41) is 11.5. The van der Waals surface area contributed by atoms with Crippen LogP contribution >= 0.6 is 0 Å². The summed E-state index contributed by atoms with van der Waals surface area (Å²) in [7, 11) is 0. The van der Waals surface area contributed by atoms with Gasteiger partial charge in [-0.25, -0.2) is 9.97 Å². The van der Waals surface area contributed by atoms with Crippen LogP contribution in [-0.4, -0.2) is 79.5 Å². The Kier molecular flexibility index (Phi) is 8.06. The van der Waals surface area contributed by atoms with E-state index >= 15 is 0 Å². The molecule has 0 radical (unpaired) electrons. The molecule has 0 aliphatic carbocycles. The number of aryl methyl sites for hydroxylation is 1. The number of amides is 2. The van der Waals surface area contributed by atoms with E-state index in [0.29, 0.717) is 44.1 Å². The number of nitrogens with one attached hydrogen (secondary N) is 2. The number of fused-ring (bicyclic) bond motifs is 1. The zero-order chi connectivity index (χ0) is 32.4. The summed E-state index contributed by atoms with van der Waals surface area (Å²) in [5.41, 5.74) is 6.42. The Morgan fingerprint density at radius 1 is 0.979 bits per heavy atom. The van der Waals surface area contributed by atoms with Crippen LogP contribution in [0.3, 0.4) is 0 Å². The molecule has 0 saturated carbocycles. The van der Waals surface area contributed by atoms with Gasteiger partial charge in [0.05, 0.1) is 12.1 Å². The maximum atomic E-state index is 13.6. The van der Waals surface area contributed by atoms with Crippen molar-refractivity contribution in [3.05, 3.63) is 96.6 Å². The van der Waals surface area contributed by atoms with E-state index in [1.54, 1.807) is 24.7 Å². The molecule has 1 fully saturated rings. The molecular weight excluding hydrogens is 588 g/mol. The van der Waals surface area contributed by atoms with Crippen LogP contribution in [0.4, 0.5) is 5.69 Å². The van der Waals surface area contributed by atoms with Gasteiger partial charge in [-0.2, -0.15) is 5.10 Å². The molecule has 2 amide bonds. The van der Waals surface area contributed by atoms with Crippen molar-refractivity contribution in [2.75, 3.05) is 38.0 Å². The maximum Gasteiger partial charge on any atom is 0.244 e. The monoisotopic (exact) mass is 622 g/mol. The van der Waals surface area contributed by atoms with Gasteiger partial charge in [-0.05, 0) is 67.3 Å². The number of hydrogen-bond donors (Lipinski definition) is 2. The van der Waals surface area contributed by atoms with Crippen molar-refractivity contribution in [1.29, 1.82) is 0 Å². The van der Waals surface area contributed by atoms with Gasteiger partial charge >= 0.3 is 0 Å². The molecule has 47 heavy (non-hydrogen) atoms. The summed E-state index contributed by atoms with van der Waals surface area (Å²) >= 11 is 0. The molecule has 10 nitrogen and oxygen atoms in total. The van der Waals surface area contributed by atoms with Crippen LogP contribution < -0.4 is 5.32 Å². The van der Waals surface area contributed by atoms with Crippen LogP contribution in [0.5, 0.6) is 0 Å². The number of hydrogen-bond acceptors (Lipinski definition) is 7. The zero-order valence-electron chi connectivity index (χ0n) is 26.1. The van der Waals surface area contributed by atoms with Crippen molar-refractivity contribution < 1.29 is 9.59 Å². The SMILES string of the molecule is C#CC1(C(=O)Nc2ccc3[nH]nc(-c4ccnc(C)c4)c3c2)CCN(CC(=O)N2CC=C(c3ccc(-c4ncccn4)cc3)CC2)C1. The molecule has 1 unspecified atom stereocenters. The van der Waals surface area contributed by atoms with E-state index in [-0.39, 0.29) is 18.4 Å². The number of carbonyl (C=O) groups is 2. The Labute approximate surface area is 273 Å². The summed E-state index contributed by atoms with van der Waals surface area (Å²) in [6.45, 7) is 4.24. The lowest BCUT2D eigenvalue weighted by molar-refractivity contribution is -0.132. The number of aromatic amines is 1. The standard InChI is InChI=1S/C37H34N8O2/c1-3-37(36(47)41-30-9-10-32-31(22-30)34(43-42-32)29-11-17-38-25(2)21-29)14-20-44(24-37)23-33(46)45-18-12-27(13-19-45)26-5-7-28(8-6-26)35-39-15-4-16-40-35/h1,4-12,15-17,21-22H,13-14,18-20,23-24H2,2H3,(H,41,47)(H,42,43). The molecule has 2 aliphatic heterocycles. The fourth-order valence-electron chi connectivity index (χ4n) is 6.38.